The minimum absolute atomic E-state index is 0.264. The monoisotopic (exact) mass is 251 g/mol. The molecule has 0 bridgehead atoms. The number of hydrogen-bond acceptors (Lipinski definition) is 7. The topological polar surface area (TPSA) is 119 Å². The highest BCUT2D eigenvalue weighted by atomic mass is 16.6. The van der Waals surface area contributed by atoms with Crippen molar-refractivity contribution < 1.29 is 14.9 Å². The number of aromatic nitrogens is 4. The van der Waals surface area contributed by atoms with Crippen molar-refractivity contribution >= 4 is 17.0 Å². The van der Waals surface area contributed by atoms with E-state index in [4.69, 9.17) is 10.5 Å². The SMILES string of the molecule is C[C@H]1O[C@@H](n2cnc3c(N)ncnc32)C(O)C1O. The number of nitrogen functional groups attached to an aromatic ring is 1. The number of aliphatic hydroxyl groups is 2. The average molecular weight is 251 g/mol. The summed E-state index contributed by atoms with van der Waals surface area (Å²) < 4.78 is 7.05. The highest BCUT2D eigenvalue weighted by Gasteiger charge is 2.41. The van der Waals surface area contributed by atoms with Crippen molar-refractivity contribution in [1.82, 2.24) is 19.5 Å². The molecule has 0 spiro atoms. The quantitative estimate of drug-likeness (QED) is 0.597. The second-order valence-electron chi connectivity index (χ2n) is 4.30. The van der Waals surface area contributed by atoms with E-state index in [2.05, 4.69) is 15.0 Å². The normalized spacial score (nSPS) is 32.2. The molecule has 4 N–H and O–H groups in total. The molecule has 8 nitrogen and oxygen atoms in total. The van der Waals surface area contributed by atoms with E-state index in [1.807, 2.05) is 0 Å². The van der Waals surface area contributed by atoms with Crippen LogP contribution in [0, 0.1) is 0 Å². The Morgan fingerprint density at radius 2 is 2.06 bits per heavy atom. The Bertz CT molecular complexity index is 586. The van der Waals surface area contributed by atoms with E-state index in [1.165, 1.54) is 12.7 Å². The van der Waals surface area contributed by atoms with Crippen molar-refractivity contribution in [2.45, 2.75) is 31.5 Å². The molecule has 3 heterocycles. The average Bonchev–Trinajstić information content (AvgIpc) is 2.88. The second kappa shape index (κ2) is 3.87. The zero-order chi connectivity index (χ0) is 12.9. The van der Waals surface area contributed by atoms with Crippen LogP contribution in [0.4, 0.5) is 5.82 Å². The van der Waals surface area contributed by atoms with Gasteiger partial charge in [-0.1, -0.05) is 0 Å². The van der Waals surface area contributed by atoms with E-state index in [0.29, 0.717) is 11.2 Å². The molecular weight excluding hydrogens is 238 g/mol. The molecule has 1 fully saturated rings. The van der Waals surface area contributed by atoms with E-state index in [-0.39, 0.29) is 5.82 Å². The number of aliphatic hydroxyl groups excluding tert-OH is 2. The first-order valence-corrected chi connectivity index (χ1v) is 5.54. The lowest BCUT2D eigenvalue weighted by molar-refractivity contribution is -0.0299. The van der Waals surface area contributed by atoms with Crippen LogP contribution in [0.3, 0.4) is 0 Å². The largest absolute Gasteiger partial charge is 0.388 e. The molecule has 1 aliphatic heterocycles. The van der Waals surface area contributed by atoms with Gasteiger partial charge in [0, 0.05) is 0 Å². The first-order chi connectivity index (χ1) is 8.59. The van der Waals surface area contributed by atoms with Gasteiger partial charge >= 0.3 is 0 Å². The maximum atomic E-state index is 9.93. The Morgan fingerprint density at radius 3 is 2.72 bits per heavy atom. The highest BCUT2D eigenvalue weighted by molar-refractivity contribution is 5.81. The van der Waals surface area contributed by atoms with E-state index in [0.717, 1.165) is 0 Å². The molecule has 0 radical (unpaired) electrons. The molecule has 0 amide bonds. The molecule has 0 saturated carbocycles. The molecule has 2 aromatic rings. The second-order valence-corrected chi connectivity index (χ2v) is 4.30. The molecule has 96 valence electrons. The summed E-state index contributed by atoms with van der Waals surface area (Å²) in [6, 6.07) is 0. The molecule has 0 aromatic carbocycles. The van der Waals surface area contributed by atoms with Gasteiger partial charge in [-0.25, -0.2) is 15.0 Å². The minimum atomic E-state index is -1.03. The van der Waals surface area contributed by atoms with Gasteiger partial charge in [-0.05, 0) is 6.92 Å². The first kappa shape index (κ1) is 11.3. The number of ether oxygens (including phenoxy) is 1. The van der Waals surface area contributed by atoms with E-state index >= 15 is 0 Å². The third-order valence-corrected chi connectivity index (χ3v) is 3.14. The molecule has 8 heteroatoms. The van der Waals surface area contributed by atoms with Gasteiger partial charge in [-0.3, -0.25) is 4.57 Å². The molecule has 1 saturated heterocycles. The fraction of sp³-hybridized carbons (Fsp3) is 0.500. The van der Waals surface area contributed by atoms with Crippen molar-refractivity contribution in [3.8, 4) is 0 Å². The summed E-state index contributed by atoms with van der Waals surface area (Å²) in [6.45, 7) is 1.69. The van der Waals surface area contributed by atoms with Crippen molar-refractivity contribution in [3.63, 3.8) is 0 Å². The van der Waals surface area contributed by atoms with Crippen LogP contribution in [-0.2, 0) is 4.74 Å². The molecular formula is C10H13N5O3. The third kappa shape index (κ3) is 1.47. The Morgan fingerprint density at radius 1 is 1.28 bits per heavy atom. The summed E-state index contributed by atoms with van der Waals surface area (Å²) in [4.78, 5) is 12.0. The number of fused-ring (bicyclic) bond motifs is 1. The summed E-state index contributed by atoms with van der Waals surface area (Å²) in [7, 11) is 0. The highest BCUT2D eigenvalue weighted by Crippen LogP contribution is 2.31. The predicted octanol–water partition coefficient (Wildman–Crippen LogP) is -0.952. The van der Waals surface area contributed by atoms with Crippen LogP contribution in [0.25, 0.3) is 11.2 Å². The number of nitrogens with two attached hydrogens (primary N) is 1. The molecule has 2 aromatic heterocycles. The molecule has 1 aliphatic rings. The Hall–Kier alpha value is -1.77. The van der Waals surface area contributed by atoms with Gasteiger partial charge < -0.3 is 20.7 Å². The zero-order valence-electron chi connectivity index (χ0n) is 9.63. The fourth-order valence-corrected chi connectivity index (χ4v) is 2.11. The van der Waals surface area contributed by atoms with E-state index < -0.39 is 24.5 Å². The van der Waals surface area contributed by atoms with Gasteiger partial charge in [-0.15, -0.1) is 0 Å². The van der Waals surface area contributed by atoms with E-state index in [1.54, 1.807) is 11.5 Å². The number of rotatable bonds is 1. The van der Waals surface area contributed by atoms with Crippen molar-refractivity contribution in [2.24, 2.45) is 0 Å². The molecule has 18 heavy (non-hydrogen) atoms. The number of imidazole rings is 1. The van der Waals surface area contributed by atoms with Crippen LogP contribution in [0.5, 0.6) is 0 Å². The lowest BCUT2D eigenvalue weighted by atomic mass is 10.1. The predicted molar refractivity (Wildman–Crippen MR) is 61.3 cm³/mol. The zero-order valence-corrected chi connectivity index (χ0v) is 9.63. The Balaban J connectivity index is 2.08. The third-order valence-electron chi connectivity index (χ3n) is 3.14. The summed E-state index contributed by atoms with van der Waals surface area (Å²) in [5.74, 6) is 0.264. The van der Waals surface area contributed by atoms with Crippen LogP contribution in [-0.4, -0.2) is 48.0 Å². The summed E-state index contributed by atoms with van der Waals surface area (Å²) in [6.07, 6.45) is -0.373. The van der Waals surface area contributed by atoms with Crippen LogP contribution >= 0.6 is 0 Å². The van der Waals surface area contributed by atoms with Gasteiger partial charge in [0.25, 0.3) is 0 Å². The molecule has 2 unspecified atom stereocenters. The van der Waals surface area contributed by atoms with Crippen molar-refractivity contribution in [3.05, 3.63) is 12.7 Å². The summed E-state index contributed by atoms with van der Waals surface area (Å²) in [5.41, 5.74) is 6.59. The van der Waals surface area contributed by atoms with Crippen LogP contribution in [0.1, 0.15) is 13.2 Å². The molecule has 0 aliphatic carbocycles. The summed E-state index contributed by atoms with van der Waals surface area (Å²) in [5, 5.41) is 19.6. The Labute approximate surface area is 102 Å². The molecule has 4 atom stereocenters. The van der Waals surface area contributed by atoms with Crippen LogP contribution < -0.4 is 5.73 Å². The maximum Gasteiger partial charge on any atom is 0.167 e. The van der Waals surface area contributed by atoms with Crippen molar-refractivity contribution in [1.29, 1.82) is 0 Å². The smallest absolute Gasteiger partial charge is 0.167 e. The summed E-state index contributed by atoms with van der Waals surface area (Å²) >= 11 is 0. The lowest BCUT2D eigenvalue weighted by Gasteiger charge is -2.16. The van der Waals surface area contributed by atoms with Crippen LogP contribution in [0.15, 0.2) is 12.7 Å². The maximum absolute atomic E-state index is 9.93. The molecule has 3 rings (SSSR count). The van der Waals surface area contributed by atoms with Gasteiger partial charge in [0.2, 0.25) is 0 Å². The Kier molecular flexibility index (Phi) is 2.44. The first-order valence-electron chi connectivity index (χ1n) is 5.54. The fourth-order valence-electron chi connectivity index (χ4n) is 2.11. The van der Waals surface area contributed by atoms with Gasteiger partial charge in [0.1, 0.15) is 24.1 Å². The van der Waals surface area contributed by atoms with Crippen molar-refractivity contribution in [2.75, 3.05) is 5.73 Å². The van der Waals surface area contributed by atoms with E-state index in [9.17, 15) is 10.2 Å². The minimum Gasteiger partial charge on any atom is -0.388 e. The number of hydrogen-bond donors (Lipinski definition) is 3. The van der Waals surface area contributed by atoms with Crippen LogP contribution in [0.2, 0.25) is 0 Å². The number of nitrogens with zero attached hydrogens (tertiary/aromatic N) is 4. The van der Waals surface area contributed by atoms with Gasteiger partial charge in [0.05, 0.1) is 12.4 Å². The van der Waals surface area contributed by atoms with Gasteiger partial charge in [-0.2, -0.15) is 0 Å². The standard InChI is InChI=1S/C10H13N5O3/c1-4-6(16)7(17)10(18-4)15-3-14-5-8(11)12-2-13-9(5)15/h2-4,6-7,10,16-17H,1H3,(H2,11,12,13)/t4-,6?,7?,10-/m1/s1. The number of anilines is 1. The van der Waals surface area contributed by atoms with Gasteiger partial charge in [0.15, 0.2) is 17.7 Å². The lowest BCUT2D eigenvalue weighted by Crippen LogP contribution is -2.30.